The second kappa shape index (κ2) is 10.4. The van der Waals surface area contributed by atoms with Crippen LogP contribution >= 0.6 is 0 Å². The second-order valence-electron chi connectivity index (χ2n) is 6.65. The zero-order valence-corrected chi connectivity index (χ0v) is 17.6. The van der Waals surface area contributed by atoms with Crippen LogP contribution in [0.4, 0.5) is 0 Å². The summed E-state index contributed by atoms with van der Waals surface area (Å²) in [4.78, 5) is 12.4. The smallest absolute Gasteiger partial charge is 0.287 e. The van der Waals surface area contributed by atoms with Gasteiger partial charge in [0.05, 0.1) is 13.2 Å². The van der Waals surface area contributed by atoms with Crippen molar-refractivity contribution in [3.63, 3.8) is 0 Å². The van der Waals surface area contributed by atoms with E-state index in [9.17, 15) is 4.79 Å². The fourth-order valence-electron chi connectivity index (χ4n) is 2.92. The van der Waals surface area contributed by atoms with Gasteiger partial charge in [0.1, 0.15) is 18.1 Å². The lowest BCUT2D eigenvalue weighted by Crippen LogP contribution is -2.22. The van der Waals surface area contributed by atoms with E-state index in [1.165, 1.54) is 0 Å². The number of nitrogens with one attached hydrogen (secondary N) is 1. The Kier molecular flexibility index (Phi) is 7.38. The van der Waals surface area contributed by atoms with Crippen molar-refractivity contribution in [3.05, 3.63) is 77.2 Å². The molecule has 0 saturated carbocycles. The van der Waals surface area contributed by atoms with Crippen molar-refractivity contribution >= 4 is 5.91 Å². The predicted molar refractivity (Wildman–Crippen MR) is 114 cm³/mol. The van der Waals surface area contributed by atoms with Crippen molar-refractivity contribution in [3.8, 4) is 17.2 Å². The van der Waals surface area contributed by atoms with Gasteiger partial charge < -0.3 is 23.9 Å². The summed E-state index contributed by atoms with van der Waals surface area (Å²) in [5.74, 6) is 2.69. The number of carbonyl (C=O) groups excluding carboxylic acids is 1. The SMILES string of the molecule is CCOc1ccc(CNC(=O)c2ccc(COc3ccccc3C)o2)cc1OCC. The number of hydrogen-bond acceptors (Lipinski definition) is 5. The first kappa shape index (κ1) is 21.3. The first-order chi connectivity index (χ1) is 14.6. The highest BCUT2D eigenvalue weighted by Gasteiger charge is 2.13. The van der Waals surface area contributed by atoms with Gasteiger partial charge in [0.15, 0.2) is 17.3 Å². The first-order valence-electron chi connectivity index (χ1n) is 10.0. The molecule has 6 heteroatoms. The Morgan fingerprint density at radius 3 is 2.43 bits per heavy atom. The van der Waals surface area contributed by atoms with Crippen molar-refractivity contribution < 1.29 is 23.4 Å². The Bertz CT molecular complexity index is 979. The maximum absolute atomic E-state index is 12.4. The van der Waals surface area contributed by atoms with Crippen LogP contribution in [-0.4, -0.2) is 19.1 Å². The van der Waals surface area contributed by atoms with Crippen molar-refractivity contribution in [2.75, 3.05) is 13.2 Å². The Hall–Kier alpha value is -3.41. The van der Waals surface area contributed by atoms with E-state index in [1.54, 1.807) is 12.1 Å². The molecule has 0 spiro atoms. The molecule has 0 fully saturated rings. The summed E-state index contributed by atoms with van der Waals surface area (Å²) >= 11 is 0. The number of carbonyl (C=O) groups is 1. The van der Waals surface area contributed by atoms with Crippen molar-refractivity contribution in [2.24, 2.45) is 0 Å². The number of amides is 1. The number of para-hydroxylation sites is 1. The summed E-state index contributed by atoms with van der Waals surface area (Å²) < 4.78 is 22.6. The molecule has 3 rings (SSSR count). The molecule has 0 aliphatic carbocycles. The Labute approximate surface area is 176 Å². The molecule has 0 aliphatic rings. The summed E-state index contributed by atoms with van der Waals surface area (Å²) in [6.45, 7) is 7.53. The first-order valence-corrected chi connectivity index (χ1v) is 10.0. The van der Waals surface area contributed by atoms with Gasteiger partial charge in [-0.05, 0) is 62.2 Å². The molecule has 0 unspecified atom stereocenters. The molecule has 1 heterocycles. The zero-order chi connectivity index (χ0) is 21.3. The van der Waals surface area contributed by atoms with Crippen LogP contribution in [0, 0.1) is 6.92 Å². The lowest BCUT2D eigenvalue weighted by molar-refractivity contribution is 0.0919. The molecular formula is C24H27NO5. The number of ether oxygens (including phenoxy) is 3. The molecule has 158 valence electrons. The summed E-state index contributed by atoms with van der Waals surface area (Å²) in [7, 11) is 0. The van der Waals surface area contributed by atoms with Crippen LogP contribution in [0.15, 0.2) is 59.0 Å². The minimum atomic E-state index is -0.288. The molecule has 30 heavy (non-hydrogen) atoms. The average molecular weight is 409 g/mol. The van der Waals surface area contributed by atoms with Gasteiger partial charge in [-0.2, -0.15) is 0 Å². The maximum atomic E-state index is 12.4. The van der Waals surface area contributed by atoms with Gasteiger partial charge in [-0.3, -0.25) is 4.79 Å². The molecule has 0 aliphatic heterocycles. The van der Waals surface area contributed by atoms with E-state index in [2.05, 4.69) is 5.32 Å². The van der Waals surface area contributed by atoms with E-state index in [4.69, 9.17) is 18.6 Å². The third kappa shape index (κ3) is 5.56. The number of rotatable bonds is 10. The summed E-state index contributed by atoms with van der Waals surface area (Å²) in [5.41, 5.74) is 1.95. The van der Waals surface area contributed by atoms with E-state index in [1.807, 2.05) is 63.2 Å². The lowest BCUT2D eigenvalue weighted by atomic mass is 10.2. The second-order valence-corrected chi connectivity index (χ2v) is 6.65. The fourth-order valence-corrected chi connectivity index (χ4v) is 2.92. The van der Waals surface area contributed by atoms with Gasteiger partial charge in [0.25, 0.3) is 5.91 Å². The number of furan rings is 1. The normalized spacial score (nSPS) is 10.5. The van der Waals surface area contributed by atoms with Crippen LogP contribution in [0.2, 0.25) is 0 Å². The minimum Gasteiger partial charge on any atom is -0.490 e. The largest absolute Gasteiger partial charge is 0.490 e. The average Bonchev–Trinajstić information content (AvgIpc) is 3.22. The van der Waals surface area contributed by atoms with Crippen molar-refractivity contribution in [2.45, 2.75) is 33.9 Å². The molecule has 1 aromatic heterocycles. The van der Waals surface area contributed by atoms with Gasteiger partial charge in [-0.15, -0.1) is 0 Å². The standard InChI is InChI=1S/C24H27NO5/c1-4-27-21-12-10-18(14-23(21)28-5-2)15-25-24(26)22-13-11-19(30-22)16-29-20-9-7-6-8-17(20)3/h6-14H,4-5,15-16H2,1-3H3,(H,25,26). The molecule has 2 aromatic carbocycles. The molecule has 0 atom stereocenters. The van der Waals surface area contributed by atoms with Crippen LogP contribution in [0.5, 0.6) is 17.2 Å². The zero-order valence-electron chi connectivity index (χ0n) is 17.6. The number of aryl methyl sites for hydroxylation is 1. The highest BCUT2D eigenvalue weighted by Crippen LogP contribution is 2.28. The van der Waals surface area contributed by atoms with Gasteiger partial charge in [0, 0.05) is 6.54 Å². The Morgan fingerprint density at radius 1 is 0.900 bits per heavy atom. The summed E-state index contributed by atoms with van der Waals surface area (Å²) in [6.07, 6.45) is 0. The van der Waals surface area contributed by atoms with E-state index in [0.29, 0.717) is 37.0 Å². The van der Waals surface area contributed by atoms with E-state index >= 15 is 0 Å². The van der Waals surface area contributed by atoms with Gasteiger partial charge in [-0.1, -0.05) is 24.3 Å². The Morgan fingerprint density at radius 2 is 1.67 bits per heavy atom. The molecular weight excluding hydrogens is 382 g/mol. The monoisotopic (exact) mass is 409 g/mol. The topological polar surface area (TPSA) is 69.9 Å². The third-order valence-corrected chi connectivity index (χ3v) is 4.41. The van der Waals surface area contributed by atoms with Gasteiger partial charge in [0.2, 0.25) is 0 Å². The van der Waals surface area contributed by atoms with Crippen molar-refractivity contribution in [1.82, 2.24) is 5.32 Å². The third-order valence-electron chi connectivity index (χ3n) is 4.41. The Balaban J connectivity index is 1.56. The van der Waals surface area contributed by atoms with Gasteiger partial charge in [-0.25, -0.2) is 0 Å². The molecule has 1 N–H and O–H groups in total. The lowest BCUT2D eigenvalue weighted by Gasteiger charge is -2.12. The number of benzene rings is 2. The van der Waals surface area contributed by atoms with E-state index < -0.39 is 0 Å². The predicted octanol–water partition coefficient (Wildman–Crippen LogP) is 4.89. The fraction of sp³-hybridized carbons (Fsp3) is 0.292. The summed E-state index contributed by atoms with van der Waals surface area (Å²) in [6, 6.07) is 16.8. The highest BCUT2D eigenvalue weighted by atomic mass is 16.5. The maximum Gasteiger partial charge on any atom is 0.287 e. The van der Waals surface area contributed by atoms with E-state index in [0.717, 1.165) is 16.9 Å². The van der Waals surface area contributed by atoms with Crippen LogP contribution in [0.3, 0.4) is 0 Å². The molecule has 0 saturated heterocycles. The molecule has 0 bridgehead atoms. The highest BCUT2D eigenvalue weighted by molar-refractivity contribution is 5.91. The minimum absolute atomic E-state index is 0.245. The number of hydrogen-bond donors (Lipinski definition) is 1. The molecule has 1 amide bonds. The van der Waals surface area contributed by atoms with Gasteiger partial charge >= 0.3 is 0 Å². The van der Waals surface area contributed by atoms with Crippen LogP contribution in [0.25, 0.3) is 0 Å². The molecule has 0 radical (unpaired) electrons. The quantitative estimate of drug-likeness (QED) is 0.516. The summed E-state index contributed by atoms with van der Waals surface area (Å²) in [5, 5.41) is 2.86. The van der Waals surface area contributed by atoms with Crippen molar-refractivity contribution in [1.29, 1.82) is 0 Å². The van der Waals surface area contributed by atoms with E-state index in [-0.39, 0.29) is 18.3 Å². The molecule has 6 nitrogen and oxygen atoms in total. The van der Waals surface area contributed by atoms with Crippen LogP contribution in [-0.2, 0) is 13.2 Å². The van der Waals surface area contributed by atoms with Crippen LogP contribution < -0.4 is 19.5 Å². The molecule has 3 aromatic rings. The van der Waals surface area contributed by atoms with Crippen LogP contribution in [0.1, 0.15) is 41.3 Å².